The van der Waals surface area contributed by atoms with Crippen molar-refractivity contribution in [3.05, 3.63) is 49.6 Å². The van der Waals surface area contributed by atoms with E-state index in [9.17, 15) is 9.59 Å². The predicted octanol–water partition coefficient (Wildman–Crippen LogP) is 5.36. The number of carbonyl (C=O) groups excluding carboxylic acids is 2. The molecule has 7 heteroatoms. The van der Waals surface area contributed by atoms with E-state index in [-0.39, 0.29) is 0 Å². The van der Waals surface area contributed by atoms with Gasteiger partial charge in [0.2, 0.25) is 0 Å². The number of hydrogen-bond donors (Lipinski definition) is 1. The Bertz CT molecular complexity index is 829. The minimum absolute atomic E-state index is 0.310. The van der Waals surface area contributed by atoms with Crippen LogP contribution in [0.2, 0.25) is 10.0 Å². The summed E-state index contributed by atoms with van der Waals surface area (Å²) < 4.78 is 5.33. The molecule has 0 fully saturated rings. The van der Waals surface area contributed by atoms with Crippen molar-refractivity contribution in [1.82, 2.24) is 0 Å². The lowest BCUT2D eigenvalue weighted by atomic mass is 9.90. The molecule has 0 spiro atoms. The van der Waals surface area contributed by atoms with Gasteiger partial charge in [0.15, 0.2) is 6.10 Å². The van der Waals surface area contributed by atoms with Gasteiger partial charge in [0.05, 0.1) is 15.7 Å². The van der Waals surface area contributed by atoms with Gasteiger partial charge < -0.3 is 10.1 Å². The van der Waals surface area contributed by atoms with Crippen LogP contribution >= 0.6 is 34.5 Å². The van der Waals surface area contributed by atoms with E-state index >= 15 is 0 Å². The van der Waals surface area contributed by atoms with Crippen LogP contribution in [0, 0.1) is 5.92 Å². The minimum Gasteiger partial charge on any atom is -0.448 e. The molecule has 1 aromatic carbocycles. The number of benzene rings is 1. The SMILES string of the molecule is C[C@@H]1CCc2sc(C(=O)O[C@H](C)C(=O)Nc3c(Cl)cccc3Cl)cc2C1. The summed E-state index contributed by atoms with van der Waals surface area (Å²) >= 11 is 13.5. The van der Waals surface area contributed by atoms with Gasteiger partial charge in [-0.15, -0.1) is 11.3 Å². The highest BCUT2D eigenvalue weighted by molar-refractivity contribution is 7.14. The number of aryl methyl sites for hydroxylation is 1. The lowest BCUT2D eigenvalue weighted by Gasteiger charge is -2.16. The number of esters is 1. The molecule has 0 aliphatic heterocycles. The zero-order valence-corrected chi connectivity index (χ0v) is 16.8. The Morgan fingerprint density at radius 2 is 2.00 bits per heavy atom. The number of carbonyl (C=O) groups is 2. The normalized spacial score (nSPS) is 17.3. The van der Waals surface area contributed by atoms with Crippen molar-refractivity contribution in [3.8, 4) is 0 Å². The molecule has 138 valence electrons. The Labute approximate surface area is 166 Å². The summed E-state index contributed by atoms with van der Waals surface area (Å²) in [5.41, 5.74) is 1.53. The molecule has 3 rings (SSSR count). The number of para-hydroxylation sites is 1. The second-order valence-corrected chi connectivity index (χ2v) is 8.49. The van der Waals surface area contributed by atoms with Gasteiger partial charge in [-0.05, 0) is 55.9 Å². The van der Waals surface area contributed by atoms with E-state index in [1.807, 2.05) is 6.07 Å². The van der Waals surface area contributed by atoms with Crippen LogP contribution in [0.25, 0.3) is 0 Å². The molecule has 1 aliphatic carbocycles. The third-order valence-electron chi connectivity index (χ3n) is 4.39. The largest absolute Gasteiger partial charge is 0.448 e. The topological polar surface area (TPSA) is 55.4 Å². The molecule has 1 aliphatic rings. The molecule has 0 saturated heterocycles. The Hall–Kier alpha value is -1.56. The quantitative estimate of drug-likeness (QED) is 0.688. The molecule has 0 unspecified atom stereocenters. The van der Waals surface area contributed by atoms with Gasteiger partial charge in [0.25, 0.3) is 5.91 Å². The summed E-state index contributed by atoms with van der Waals surface area (Å²) in [7, 11) is 0. The summed E-state index contributed by atoms with van der Waals surface area (Å²) in [6.45, 7) is 3.73. The number of amides is 1. The highest BCUT2D eigenvalue weighted by Gasteiger charge is 2.25. The van der Waals surface area contributed by atoms with Crippen molar-refractivity contribution in [3.63, 3.8) is 0 Å². The first-order valence-corrected chi connectivity index (χ1v) is 10.00. The zero-order chi connectivity index (χ0) is 18.8. The molecule has 0 saturated carbocycles. The lowest BCUT2D eigenvalue weighted by Crippen LogP contribution is -2.30. The zero-order valence-electron chi connectivity index (χ0n) is 14.5. The molecule has 2 aromatic rings. The minimum atomic E-state index is -0.965. The Balaban J connectivity index is 1.65. The van der Waals surface area contributed by atoms with Crippen molar-refractivity contribution in [2.24, 2.45) is 5.92 Å². The van der Waals surface area contributed by atoms with E-state index in [1.54, 1.807) is 18.2 Å². The first kappa shape index (κ1) is 19.2. The molecule has 1 heterocycles. The van der Waals surface area contributed by atoms with Crippen LogP contribution in [0.4, 0.5) is 5.69 Å². The van der Waals surface area contributed by atoms with E-state index in [0.29, 0.717) is 26.5 Å². The average Bonchev–Trinajstić information content (AvgIpc) is 3.01. The number of ether oxygens (including phenoxy) is 1. The van der Waals surface area contributed by atoms with E-state index < -0.39 is 18.0 Å². The number of thiophene rings is 1. The average molecular weight is 412 g/mol. The number of nitrogens with one attached hydrogen (secondary N) is 1. The van der Waals surface area contributed by atoms with Crippen LogP contribution in [0.3, 0.4) is 0 Å². The second kappa shape index (κ2) is 7.99. The third kappa shape index (κ3) is 4.22. The van der Waals surface area contributed by atoms with Gasteiger partial charge in [0.1, 0.15) is 4.88 Å². The summed E-state index contributed by atoms with van der Waals surface area (Å²) in [4.78, 5) is 26.5. The molecular weight excluding hydrogens is 393 g/mol. The summed E-state index contributed by atoms with van der Waals surface area (Å²) in [5, 5.41) is 3.26. The number of hydrogen-bond acceptors (Lipinski definition) is 4. The molecule has 4 nitrogen and oxygen atoms in total. The number of anilines is 1. The van der Waals surface area contributed by atoms with Gasteiger partial charge in [-0.1, -0.05) is 36.2 Å². The maximum absolute atomic E-state index is 12.4. The van der Waals surface area contributed by atoms with Crippen molar-refractivity contribution in [2.75, 3.05) is 5.32 Å². The number of fused-ring (bicyclic) bond motifs is 1. The van der Waals surface area contributed by atoms with Crippen molar-refractivity contribution < 1.29 is 14.3 Å². The summed E-state index contributed by atoms with van der Waals surface area (Å²) in [5.74, 6) is -0.334. The second-order valence-electron chi connectivity index (χ2n) is 6.54. The predicted molar refractivity (Wildman–Crippen MR) is 105 cm³/mol. The number of halogens is 2. The van der Waals surface area contributed by atoms with E-state index in [1.165, 1.54) is 28.7 Å². The molecule has 1 aromatic heterocycles. The van der Waals surface area contributed by atoms with Gasteiger partial charge in [-0.3, -0.25) is 4.79 Å². The molecule has 1 N–H and O–H groups in total. The molecule has 0 bridgehead atoms. The first-order chi connectivity index (χ1) is 12.3. The summed E-state index contributed by atoms with van der Waals surface area (Å²) in [6, 6.07) is 6.82. The maximum Gasteiger partial charge on any atom is 0.349 e. The standard InChI is InChI=1S/C19H19Cl2NO3S/c1-10-6-7-15-12(8-10)9-16(26-15)19(24)25-11(2)18(23)22-17-13(20)4-3-5-14(17)21/h3-5,9-11H,6-8H2,1-2H3,(H,22,23)/t10-,11-/m1/s1. The Morgan fingerprint density at radius 3 is 2.69 bits per heavy atom. The fourth-order valence-electron chi connectivity index (χ4n) is 2.92. The van der Waals surface area contributed by atoms with Gasteiger partial charge in [-0.2, -0.15) is 0 Å². The Morgan fingerprint density at radius 1 is 1.31 bits per heavy atom. The molecule has 0 radical (unpaired) electrons. The van der Waals surface area contributed by atoms with Crippen LogP contribution in [0.1, 0.15) is 40.4 Å². The Kier molecular flexibility index (Phi) is 5.90. The van der Waals surface area contributed by atoms with E-state index in [0.717, 1.165) is 19.3 Å². The third-order valence-corrected chi connectivity index (χ3v) is 6.24. The smallest absolute Gasteiger partial charge is 0.349 e. The maximum atomic E-state index is 12.4. The van der Waals surface area contributed by atoms with Crippen LogP contribution in [-0.2, 0) is 22.4 Å². The molecular formula is C19H19Cl2NO3S. The van der Waals surface area contributed by atoms with Gasteiger partial charge >= 0.3 is 5.97 Å². The van der Waals surface area contributed by atoms with Crippen LogP contribution in [0.15, 0.2) is 24.3 Å². The first-order valence-electron chi connectivity index (χ1n) is 8.42. The molecule has 1 amide bonds. The summed E-state index contributed by atoms with van der Waals surface area (Å²) in [6.07, 6.45) is 2.16. The fourth-order valence-corrected chi connectivity index (χ4v) is 4.50. The molecule has 2 atom stereocenters. The van der Waals surface area contributed by atoms with E-state index in [2.05, 4.69) is 12.2 Å². The van der Waals surface area contributed by atoms with E-state index in [4.69, 9.17) is 27.9 Å². The van der Waals surface area contributed by atoms with Crippen LogP contribution in [-0.4, -0.2) is 18.0 Å². The highest BCUT2D eigenvalue weighted by Crippen LogP contribution is 2.33. The fraction of sp³-hybridized carbons (Fsp3) is 0.368. The van der Waals surface area contributed by atoms with Crippen molar-refractivity contribution >= 4 is 52.1 Å². The van der Waals surface area contributed by atoms with Crippen molar-refractivity contribution in [1.29, 1.82) is 0 Å². The lowest BCUT2D eigenvalue weighted by molar-refractivity contribution is -0.123. The monoisotopic (exact) mass is 411 g/mol. The number of rotatable bonds is 4. The van der Waals surface area contributed by atoms with Crippen molar-refractivity contribution in [2.45, 2.75) is 39.2 Å². The van der Waals surface area contributed by atoms with Crippen LogP contribution in [0.5, 0.6) is 0 Å². The van der Waals surface area contributed by atoms with Gasteiger partial charge in [0, 0.05) is 4.88 Å². The highest BCUT2D eigenvalue weighted by atomic mass is 35.5. The van der Waals surface area contributed by atoms with Gasteiger partial charge in [-0.25, -0.2) is 4.79 Å². The van der Waals surface area contributed by atoms with Crippen LogP contribution < -0.4 is 5.32 Å². The molecule has 26 heavy (non-hydrogen) atoms.